The van der Waals surface area contributed by atoms with Crippen molar-refractivity contribution < 1.29 is 13.2 Å². The number of imidazole rings is 1. The van der Waals surface area contributed by atoms with E-state index >= 15 is 0 Å². The molecular formula is C15H15ClN4O3S2. The number of hydrogen-bond acceptors (Lipinski definition) is 5. The first kappa shape index (κ1) is 16.7. The van der Waals surface area contributed by atoms with Crippen LogP contribution in [0.2, 0.25) is 5.15 Å². The molecule has 0 aliphatic carbocycles. The normalized spacial score (nSPS) is 16.0. The monoisotopic (exact) mass is 398 g/mol. The minimum Gasteiger partial charge on any atom is -0.312 e. The molecule has 1 aromatic carbocycles. The highest BCUT2D eigenvalue weighted by Crippen LogP contribution is 2.35. The van der Waals surface area contributed by atoms with Crippen molar-refractivity contribution in [3.63, 3.8) is 0 Å². The first-order chi connectivity index (χ1) is 11.9. The maximum Gasteiger partial charge on any atom is 0.280 e. The molecule has 25 heavy (non-hydrogen) atoms. The van der Waals surface area contributed by atoms with Gasteiger partial charge in [0.1, 0.15) is 0 Å². The van der Waals surface area contributed by atoms with Crippen LogP contribution in [0.4, 0.5) is 11.4 Å². The third-order valence-corrected chi connectivity index (χ3v) is 7.02. The number of sulfonamides is 1. The van der Waals surface area contributed by atoms with Gasteiger partial charge in [0, 0.05) is 31.5 Å². The van der Waals surface area contributed by atoms with Crippen molar-refractivity contribution >= 4 is 50.7 Å². The molecule has 0 atom stereocenters. The van der Waals surface area contributed by atoms with Crippen molar-refractivity contribution in [2.24, 2.45) is 0 Å². The highest BCUT2D eigenvalue weighted by Gasteiger charge is 2.31. The van der Waals surface area contributed by atoms with Crippen LogP contribution >= 0.6 is 23.4 Å². The Labute approximate surface area is 154 Å². The number of benzene rings is 1. The number of rotatable bonds is 3. The number of anilines is 2. The highest BCUT2D eigenvalue weighted by molar-refractivity contribution is 7.99. The molecule has 0 saturated heterocycles. The summed E-state index contributed by atoms with van der Waals surface area (Å²) in [4.78, 5) is 17.5. The van der Waals surface area contributed by atoms with Gasteiger partial charge in [0.05, 0.1) is 5.69 Å². The fourth-order valence-corrected chi connectivity index (χ4v) is 5.97. The average Bonchev–Trinajstić information content (AvgIpc) is 3.19. The fourth-order valence-electron chi connectivity index (χ4n) is 3.16. The van der Waals surface area contributed by atoms with E-state index in [0.29, 0.717) is 23.9 Å². The van der Waals surface area contributed by atoms with E-state index in [0.717, 1.165) is 23.4 Å². The lowest BCUT2D eigenvalue weighted by Crippen LogP contribution is -2.26. The molecule has 1 aromatic heterocycles. The van der Waals surface area contributed by atoms with Gasteiger partial charge >= 0.3 is 0 Å². The van der Waals surface area contributed by atoms with Gasteiger partial charge in [-0.1, -0.05) is 29.4 Å². The van der Waals surface area contributed by atoms with Crippen LogP contribution in [0.25, 0.3) is 0 Å². The summed E-state index contributed by atoms with van der Waals surface area (Å²) >= 11 is 7.53. The number of fused-ring (bicyclic) bond motifs is 2. The Morgan fingerprint density at radius 3 is 2.92 bits per heavy atom. The lowest BCUT2D eigenvalue weighted by Gasteiger charge is -2.16. The number of thioether (sulfide) groups is 1. The second-order valence-corrected chi connectivity index (χ2v) is 8.88. The van der Waals surface area contributed by atoms with Gasteiger partial charge in [-0.05, 0) is 24.1 Å². The number of hydrogen-bond donors (Lipinski definition) is 1. The van der Waals surface area contributed by atoms with Crippen molar-refractivity contribution in [1.82, 2.24) is 9.55 Å². The maximum atomic E-state index is 12.8. The second-order valence-electron chi connectivity index (χ2n) is 5.86. The highest BCUT2D eigenvalue weighted by atomic mass is 35.5. The van der Waals surface area contributed by atoms with Gasteiger partial charge in [0.15, 0.2) is 15.3 Å². The molecule has 0 saturated carbocycles. The van der Waals surface area contributed by atoms with Crippen molar-refractivity contribution in [2.45, 2.75) is 30.1 Å². The molecule has 1 amide bonds. The molecule has 2 aliphatic heterocycles. The van der Waals surface area contributed by atoms with Crippen LogP contribution in [0, 0.1) is 0 Å². The third-order valence-electron chi connectivity index (χ3n) is 4.26. The van der Waals surface area contributed by atoms with Crippen LogP contribution in [-0.4, -0.2) is 36.2 Å². The summed E-state index contributed by atoms with van der Waals surface area (Å²) in [6.45, 7) is 2.66. The number of nitrogens with one attached hydrogen (secondary N) is 1. The minimum absolute atomic E-state index is 0.0157. The number of aromatic nitrogens is 2. The molecular weight excluding hydrogens is 384 g/mol. The van der Waals surface area contributed by atoms with Crippen molar-refractivity contribution in [2.75, 3.05) is 21.9 Å². The quantitative estimate of drug-likeness (QED) is 0.857. The van der Waals surface area contributed by atoms with Crippen molar-refractivity contribution in [3.8, 4) is 0 Å². The van der Waals surface area contributed by atoms with E-state index in [1.165, 1.54) is 18.7 Å². The Morgan fingerprint density at radius 2 is 2.16 bits per heavy atom. The molecule has 0 radical (unpaired) electrons. The minimum atomic E-state index is -3.88. The van der Waals surface area contributed by atoms with Gasteiger partial charge in [-0.15, -0.1) is 0 Å². The largest absolute Gasteiger partial charge is 0.312 e. The molecule has 10 heteroatoms. The van der Waals surface area contributed by atoms with Gasteiger partial charge in [0.25, 0.3) is 10.0 Å². The Balaban J connectivity index is 1.69. The zero-order valence-electron chi connectivity index (χ0n) is 13.3. The van der Waals surface area contributed by atoms with Crippen molar-refractivity contribution in [3.05, 3.63) is 28.9 Å². The van der Waals surface area contributed by atoms with E-state index in [9.17, 15) is 13.2 Å². The summed E-state index contributed by atoms with van der Waals surface area (Å²) in [5, 5.41) is 0.571. The molecule has 2 aliphatic rings. The summed E-state index contributed by atoms with van der Waals surface area (Å²) in [6.07, 6.45) is 0.765. The van der Waals surface area contributed by atoms with Crippen LogP contribution in [-0.2, 0) is 27.8 Å². The Bertz CT molecular complexity index is 987. The molecule has 0 unspecified atom stereocenters. The van der Waals surface area contributed by atoms with E-state index < -0.39 is 10.0 Å². The first-order valence-electron chi connectivity index (χ1n) is 7.69. The summed E-state index contributed by atoms with van der Waals surface area (Å²) < 4.78 is 29.8. The Hall–Kier alpha value is -1.71. The number of amides is 1. The third kappa shape index (κ3) is 2.80. The number of carbonyl (C=O) groups is 1. The number of carbonyl (C=O) groups excluding carboxylic acids is 1. The van der Waals surface area contributed by atoms with E-state index in [2.05, 4.69) is 9.71 Å². The number of halogens is 1. The molecule has 0 spiro atoms. The molecule has 1 N–H and O–H groups in total. The summed E-state index contributed by atoms with van der Waals surface area (Å²) in [5.74, 6) is 0.710. The van der Waals surface area contributed by atoms with Crippen LogP contribution in [0.1, 0.15) is 12.5 Å². The molecule has 0 bridgehead atoms. The molecule has 3 heterocycles. The molecule has 2 aromatic rings. The Kier molecular flexibility index (Phi) is 3.97. The van der Waals surface area contributed by atoms with Crippen LogP contribution < -0.4 is 9.62 Å². The van der Waals surface area contributed by atoms with E-state index in [1.807, 2.05) is 6.07 Å². The summed E-state index contributed by atoms with van der Waals surface area (Å²) in [5.41, 5.74) is 2.16. The molecule has 7 nitrogen and oxygen atoms in total. The van der Waals surface area contributed by atoms with Crippen molar-refractivity contribution in [1.29, 1.82) is 0 Å². The van der Waals surface area contributed by atoms with Crippen LogP contribution in [0.3, 0.4) is 0 Å². The first-order valence-corrected chi connectivity index (χ1v) is 10.5. The predicted molar refractivity (Wildman–Crippen MR) is 96.9 cm³/mol. The zero-order valence-corrected chi connectivity index (χ0v) is 15.7. The topological polar surface area (TPSA) is 84.3 Å². The lowest BCUT2D eigenvalue weighted by atomic mass is 10.1. The van der Waals surface area contributed by atoms with Gasteiger partial charge < -0.3 is 9.47 Å². The predicted octanol–water partition coefficient (Wildman–Crippen LogP) is 2.35. The zero-order chi connectivity index (χ0) is 17.8. The summed E-state index contributed by atoms with van der Waals surface area (Å²) in [7, 11) is -3.88. The molecule has 4 rings (SSSR count). The molecule has 132 valence electrons. The number of nitrogens with zero attached hydrogens (tertiary/aromatic N) is 3. The van der Waals surface area contributed by atoms with Crippen LogP contribution in [0.15, 0.2) is 28.4 Å². The standard InChI is InChI=1S/C15H15ClN4O3S2/c1-9(21)19-5-4-10-2-3-11(8-12(10)19)18-25(22,23)14-13(16)17-15-20(14)6-7-24-15/h2-3,8,18H,4-7H2,1H3. The maximum absolute atomic E-state index is 12.8. The van der Waals surface area contributed by atoms with Gasteiger partial charge in [-0.2, -0.15) is 8.42 Å². The average molecular weight is 399 g/mol. The van der Waals surface area contributed by atoms with Crippen LogP contribution in [0.5, 0.6) is 0 Å². The lowest BCUT2D eigenvalue weighted by molar-refractivity contribution is -0.116. The van der Waals surface area contributed by atoms with Gasteiger partial charge in [-0.3, -0.25) is 9.52 Å². The van der Waals surface area contributed by atoms with E-state index in [4.69, 9.17) is 11.6 Å². The SMILES string of the molecule is CC(=O)N1CCc2ccc(NS(=O)(=O)c3c(Cl)nc4n3CCS4)cc21. The van der Waals surface area contributed by atoms with E-state index in [1.54, 1.807) is 21.6 Å². The Morgan fingerprint density at radius 1 is 1.36 bits per heavy atom. The molecule has 0 fully saturated rings. The fraction of sp³-hybridized carbons (Fsp3) is 0.333. The smallest absolute Gasteiger partial charge is 0.280 e. The van der Waals surface area contributed by atoms with Gasteiger partial charge in [0.2, 0.25) is 5.91 Å². The van der Waals surface area contributed by atoms with Gasteiger partial charge in [-0.25, -0.2) is 4.98 Å². The second kappa shape index (κ2) is 5.93. The van der Waals surface area contributed by atoms with E-state index in [-0.39, 0.29) is 16.1 Å². The summed E-state index contributed by atoms with van der Waals surface area (Å²) in [6, 6.07) is 5.23.